The number of aromatic hydroxyl groups is 1. The summed E-state index contributed by atoms with van der Waals surface area (Å²) in [4.78, 5) is 14.0. The summed E-state index contributed by atoms with van der Waals surface area (Å²) in [5, 5.41) is 9.68. The number of rotatable bonds is 3. The zero-order valence-corrected chi connectivity index (χ0v) is 13.0. The number of benzene rings is 2. The Kier molecular flexibility index (Phi) is 4.59. The summed E-state index contributed by atoms with van der Waals surface area (Å²) in [6, 6.07) is 10.5. The largest absolute Gasteiger partial charge is 0.507 e. The van der Waals surface area contributed by atoms with Crippen molar-refractivity contribution in [2.24, 2.45) is 0 Å². The average molecular weight is 385 g/mol. The van der Waals surface area contributed by atoms with Gasteiger partial charge in [-0.1, -0.05) is 0 Å². The smallest absolute Gasteiger partial charge is 0.258 e. The van der Waals surface area contributed by atoms with Crippen LogP contribution < -0.4 is 4.90 Å². The number of phenolic OH excluding ortho intramolecular Hbond substituents is 1. The van der Waals surface area contributed by atoms with E-state index in [1.54, 1.807) is 24.3 Å². The first-order valence-electron chi connectivity index (χ1n) is 6.09. The van der Waals surface area contributed by atoms with Crippen molar-refractivity contribution < 1.29 is 14.3 Å². The van der Waals surface area contributed by atoms with Crippen molar-refractivity contribution >= 4 is 34.2 Å². The van der Waals surface area contributed by atoms with Gasteiger partial charge in [-0.3, -0.25) is 4.79 Å². The van der Waals surface area contributed by atoms with E-state index in [1.807, 2.05) is 29.5 Å². The second kappa shape index (κ2) is 6.21. The zero-order chi connectivity index (χ0) is 14.7. The summed E-state index contributed by atoms with van der Waals surface area (Å²) in [7, 11) is 0. The molecule has 5 heteroatoms. The van der Waals surface area contributed by atoms with Crippen LogP contribution >= 0.6 is 22.6 Å². The highest BCUT2D eigenvalue weighted by Gasteiger charge is 2.17. The summed E-state index contributed by atoms with van der Waals surface area (Å²) in [6.45, 7) is 2.30. The number of halogens is 2. The summed E-state index contributed by atoms with van der Waals surface area (Å²) < 4.78 is 13.6. The molecule has 0 saturated heterocycles. The highest BCUT2D eigenvalue weighted by molar-refractivity contribution is 14.1. The first-order chi connectivity index (χ1) is 9.52. The van der Waals surface area contributed by atoms with E-state index in [9.17, 15) is 14.3 Å². The quantitative estimate of drug-likeness (QED) is 0.817. The van der Waals surface area contributed by atoms with Crippen molar-refractivity contribution in [3.63, 3.8) is 0 Å². The van der Waals surface area contributed by atoms with E-state index in [4.69, 9.17) is 0 Å². The Hall–Kier alpha value is -1.63. The van der Waals surface area contributed by atoms with E-state index < -0.39 is 0 Å². The van der Waals surface area contributed by atoms with Crippen LogP contribution in [0.2, 0.25) is 0 Å². The van der Waals surface area contributed by atoms with Crippen molar-refractivity contribution in [2.45, 2.75) is 6.92 Å². The van der Waals surface area contributed by atoms with E-state index in [0.717, 1.165) is 0 Å². The fourth-order valence-corrected chi connectivity index (χ4v) is 2.20. The number of phenols is 1. The monoisotopic (exact) mass is 385 g/mol. The van der Waals surface area contributed by atoms with Crippen LogP contribution in [0.5, 0.6) is 5.75 Å². The molecule has 0 atom stereocenters. The fourth-order valence-electron chi connectivity index (χ4n) is 1.87. The van der Waals surface area contributed by atoms with Crippen LogP contribution in [0, 0.1) is 9.39 Å². The van der Waals surface area contributed by atoms with Crippen LogP contribution in [-0.2, 0) is 0 Å². The van der Waals surface area contributed by atoms with Crippen LogP contribution in [0.4, 0.5) is 10.1 Å². The Morgan fingerprint density at radius 3 is 2.45 bits per heavy atom. The summed E-state index contributed by atoms with van der Waals surface area (Å²) in [5.41, 5.74) is 1.02. The van der Waals surface area contributed by atoms with Crippen molar-refractivity contribution in [1.29, 1.82) is 0 Å². The molecule has 0 aliphatic rings. The topological polar surface area (TPSA) is 40.5 Å². The number of carbonyl (C=O) groups is 1. The second-order valence-electron chi connectivity index (χ2n) is 4.19. The van der Waals surface area contributed by atoms with Gasteiger partial charge in [0.2, 0.25) is 0 Å². The molecule has 20 heavy (non-hydrogen) atoms. The van der Waals surface area contributed by atoms with Gasteiger partial charge in [0.15, 0.2) is 0 Å². The Balaban J connectivity index is 2.33. The Bertz CT molecular complexity index is 628. The van der Waals surface area contributed by atoms with Crippen molar-refractivity contribution in [3.8, 4) is 5.75 Å². The molecular weight excluding hydrogens is 372 g/mol. The van der Waals surface area contributed by atoms with Gasteiger partial charge in [0.25, 0.3) is 5.91 Å². The van der Waals surface area contributed by atoms with E-state index in [2.05, 4.69) is 0 Å². The number of hydrogen-bond donors (Lipinski definition) is 1. The summed E-state index contributed by atoms with van der Waals surface area (Å²) in [6.07, 6.45) is 0. The molecular formula is C15H13FINO2. The first kappa shape index (κ1) is 14.8. The molecule has 104 valence electrons. The predicted octanol–water partition coefficient (Wildman–Crippen LogP) is 3.80. The molecule has 0 radical (unpaired) electrons. The van der Waals surface area contributed by atoms with Crippen molar-refractivity contribution in [3.05, 3.63) is 57.4 Å². The summed E-state index contributed by atoms with van der Waals surface area (Å²) in [5.74, 6) is -0.499. The maximum atomic E-state index is 12.9. The third-order valence-electron chi connectivity index (χ3n) is 2.89. The summed E-state index contributed by atoms with van der Waals surface area (Å²) >= 11 is 1.99. The molecule has 0 bridgehead atoms. The molecule has 1 amide bonds. The fraction of sp³-hybridized carbons (Fsp3) is 0.133. The van der Waals surface area contributed by atoms with Gasteiger partial charge in [-0.15, -0.1) is 0 Å². The van der Waals surface area contributed by atoms with Crippen LogP contribution in [0.25, 0.3) is 0 Å². The third-order valence-corrected chi connectivity index (χ3v) is 3.80. The number of carbonyl (C=O) groups excluding carboxylic acids is 1. The first-order valence-corrected chi connectivity index (χ1v) is 7.16. The molecule has 0 saturated carbocycles. The highest BCUT2D eigenvalue weighted by atomic mass is 127. The predicted molar refractivity (Wildman–Crippen MR) is 84.6 cm³/mol. The molecule has 0 spiro atoms. The van der Waals surface area contributed by atoms with Gasteiger partial charge in [-0.25, -0.2) is 4.39 Å². The van der Waals surface area contributed by atoms with Crippen molar-refractivity contribution in [1.82, 2.24) is 0 Å². The minimum atomic E-state index is -0.343. The molecule has 2 aromatic carbocycles. The van der Waals surface area contributed by atoms with Gasteiger partial charge >= 0.3 is 0 Å². The van der Waals surface area contributed by atoms with E-state index in [0.29, 0.717) is 21.4 Å². The Morgan fingerprint density at radius 2 is 1.90 bits per heavy atom. The van der Waals surface area contributed by atoms with Crippen LogP contribution in [-0.4, -0.2) is 17.6 Å². The molecule has 0 fully saturated rings. The van der Waals surface area contributed by atoms with Gasteiger partial charge in [0.1, 0.15) is 11.6 Å². The molecule has 0 aliphatic carbocycles. The molecule has 2 aromatic rings. The number of hydrogen-bond acceptors (Lipinski definition) is 2. The standard InChI is InChI=1S/C15H13FINO2/c1-2-18(12-6-4-11(16)5-7-12)15(20)10-3-8-13(17)14(19)9-10/h3-9,19H,2H2,1H3. The normalized spacial score (nSPS) is 10.3. The van der Waals surface area contributed by atoms with Crippen LogP contribution in [0.3, 0.4) is 0 Å². The van der Waals surface area contributed by atoms with Crippen LogP contribution in [0.1, 0.15) is 17.3 Å². The van der Waals surface area contributed by atoms with Gasteiger partial charge in [0.05, 0.1) is 3.57 Å². The number of amides is 1. The van der Waals surface area contributed by atoms with E-state index >= 15 is 0 Å². The highest BCUT2D eigenvalue weighted by Crippen LogP contribution is 2.23. The molecule has 2 rings (SSSR count). The molecule has 0 aliphatic heterocycles. The van der Waals surface area contributed by atoms with E-state index in [-0.39, 0.29) is 17.5 Å². The number of anilines is 1. The van der Waals surface area contributed by atoms with Crippen molar-refractivity contribution in [2.75, 3.05) is 11.4 Å². The maximum Gasteiger partial charge on any atom is 0.258 e. The molecule has 3 nitrogen and oxygen atoms in total. The zero-order valence-electron chi connectivity index (χ0n) is 10.8. The lowest BCUT2D eigenvalue weighted by atomic mass is 10.1. The number of nitrogens with zero attached hydrogens (tertiary/aromatic N) is 1. The van der Waals surface area contributed by atoms with Gasteiger partial charge < -0.3 is 10.0 Å². The molecule has 1 N–H and O–H groups in total. The lowest BCUT2D eigenvalue weighted by molar-refractivity contribution is 0.0988. The SMILES string of the molecule is CCN(C(=O)c1ccc(I)c(O)c1)c1ccc(F)cc1. The van der Waals surface area contributed by atoms with E-state index in [1.165, 1.54) is 23.1 Å². The third kappa shape index (κ3) is 3.09. The average Bonchev–Trinajstić information content (AvgIpc) is 2.44. The molecule has 0 aromatic heterocycles. The molecule has 0 heterocycles. The Morgan fingerprint density at radius 1 is 1.25 bits per heavy atom. The lowest BCUT2D eigenvalue weighted by Crippen LogP contribution is -2.30. The molecule has 0 unspecified atom stereocenters. The van der Waals surface area contributed by atoms with Crippen LogP contribution in [0.15, 0.2) is 42.5 Å². The van der Waals surface area contributed by atoms with Gasteiger partial charge in [-0.2, -0.15) is 0 Å². The second-order valence-corrected chi connectivity index (χ2v) is 5.35. The minimum Gasteiger partial charge on any atom is -0.507 e. The maximum absolute atomic E-state index is 12.9. The lowest BCUT2D eigenvalue weighted by Gasteiger charge is -2.21. The Labute approximate surface area is 130 Å². The van der Waals surface area contributed by atoms with Gasteiger partial charge in [0, 0.05) is 17.8 Å². The van der Waals surface area contributed by atoms with Gasteiger partial charge in [-0.05, 0) is 72.0 Å². The minimum absolute atomic E-state index is 0.0756.